The summed E-state index contributed by atoms with van der Waals surface area (Å²) in [4.78, 5) is 15.6. The number of amides is 1. The molecule has 1 aromatic heterocycles. The summed E-state index contributed by atoms with van der Waals surface area (Å²) in [7, 11) is 1.52. The molecule has 0 aliphatic carbocycles. The third-order valence-corrected chi connectivity index (χ3v) is 2.87. The van der Waals surface area contributed by atoms with Crippen molar-refractivity contribution in [3.63, 3.8) is 0 Å². The fourth-order valence-electron chi connectivity index (χ4n) is 0.990. The number of nitrogens with zero attached hydrogens (tertiary/aromatic N) is 1. The summed E-state index contributed by atoms with van der Waals surface area (Å²) in [6, 6.07) is 3.51. The lowest BCUT2D eigenvalue weighted by Crippen LogP contribution is -2.22. The number of hydrogen-bond acceptors (Lipinski definition) is 4. The van der Waals surface area contributed by atoms with Gasteiger partial charge in [-0.05, 0) is 25.3 Å². The number of thioether (sulfide) groups is 1. The van der Waals surface area contributed by atoms with Gasteiger partial charge in [-0.2, -0.15) is 11.8 Å². The molecule has 1 unspecified atom stereocenters. The van der Waals surface area contributed by atoms with Crippen LogP contribution in [0.15, 0.2) is 18.3 Å². The highest BCUT2D eigenvalue weighted by Gasteiger charge is 2.13. The average molecular weight is 226 g/mol. The topological polar surface area (TPSA) is 51.2 Å². The predicted octanol–water partition coefficient (Wildman–Crippen LogP) is 1.78. The van der Waals surface area contributed by atoms with E-state index in [0.29, 0.717) is 11.6 Å². The van der Waals surface area contributed by atoms with Crippen LogP contribution in [0.5, 0.6) is 5.88 Å². The van der Waals surface area contributed by atoms with E-state index in [9.17, 15) is 4.79 Å². The fourth-order valence-corrected chi connectivity index (χ4v) is 1.26. The largest absolute Gasteiger partial charge is 0.480 e. The highest BCUT2D eigenvalue weighted by atomic mass is 32.2. The average Bonchev–Trinajstić information content (AvgIpc) is 2.28. The quantitative estimate of drug-likeness (QED) is 0.850. The first-order valence-corrected chi connectivity index (χ1v) is 5.80. The summed E-state index contributed by atoms with van der Waals surface area (Å²) < 4.78 is 5.03. The van der Waals surface area contributed by atoms with E-state index in [1.165, 1.54) is 18.9 Å². The number of carbonyl (C=O) groups is 1. The lowest BCUT2D eigenvalue weighted by atomic mass is 10.3. The van der Waals surface area contributed by atoms with Crippen LogP contribution in [0.4, 0.5) is 5.69 Å². The molecule has 0 aromatic carbocycles. The van der Waals surface area contributed by atoms with Crippen molar-refractivity contribution >= 4 is 23.4 Å². The van der Waals surface area contributed by atoms with E-state index in [0.717, 1.165) is 0 Å². The molecular formula is C10H14N2O2S. The van der Waals surface area contributed by atoms with Crippen LogP contribution in [0.25, 0.3) is 0 Å². The molecule has 1 heterocycles. The summed E-state index contributed by atoms with van der Waals surface area (Å²) >= 11 is 1.49. The predicted molar refractivity (Wildman–Crippen MR) is 62.4 cm³/mol. The molecular weight excluding hydrogens is 212 g/mol. The smallest absolute Gasteiger partial charge is 0.237 e. The second-order valence-electron chi connectivity index (χ2n) is 2.93. The van der Waals surface area contributed by atoms with E-state index in [-0.39, 0.29) is 11.2 Å². The maximum atomic E-state index is 11.6. The third-order valence-electron chi connectivity index (χ3n) is 1.95. The molecule has 1 N–H and O–H groups in total. The first-order valence-electron chi connectivity index (χ1n) is 4.51. The maximum absolute atomic E-state index is 11.6. The van der Waals surface area contributed by atoms with Crippen molar-refractivity contribution in [2.75, 3.05) is 18.7 Å². The molecule has 0 radical (unpaired) electrons. The minimum Gasteiger partial charge on any atom is -0.480 e. The second kappa shape index (κ2) is 5.60. The summed E-state index contributed by atoms with van der Waals surface area (Å²) in [6.07, 6.45) is 3.51. The Labute approximate surface area is 93.4 Å². The number of ether oxygens (including phenoxy) is 1. The molecule has 1 aromatic rings. The minimum atomic E-state index is -0.0880. The summed E-state index contributed by atoms with van der Waals surface area (Å²) in [5, 5.41) is 2.68. The van der Waals surface area contributed by atoms with Crippen molar-refractivity contribution in [1.82, 2.24) is 4.98 Å². The van der Waals surface area contributed by atoms with Crippen molar-refractivity contribution in [3.05, 3.63) is 18.3 Å². The van der Waals surface area contributed by atoms with Gasteiger partial charge in [-0.1, -0.05) is 0 Å². The van der Waals surface area contributed by atoms with Gasteiger partial charge in [0, 0.05) is 6.20 Å². The molecule has 0 fully saturated rings. The SMILES string of the molecule is COc1ncccc1NC(=O)C(C)SC. The Bertz CT molecular complexity index is 344. The van der Waals surface area contributed by atoms with Gasteiger partial charge < -0.3 is 10.1 Å². The molecule has 1 atom stereocenters. The van der Waals surface area contributed by atoms with Gasteiger partial charge in [0.15, 0.2) is 0 Å². The van der Waals surface area contributed by atoms with Crippen LogP contribution in [0.2, 0.25) is 0 Å². The second-order valence-corrected chi connectivity index (χ2v) is 4.11. The normalized spacial score (nSPS) is 11.9. The standard InChI is InChI=1S/C10H14N2O2S/c1-7(15-3)9(13)12-8-5-4-6-11-10(8)14-2/h4-7H,1-3H3,(H,12,13). The van der Waals surface area contributed by atoms with E-state index in [2.05, 4.69) is 10.3 Å². The number of methoxy groups -OCH3 is 1. The zero-order valence-electron chi connectivity index (χ0n) is 8.98. The summed E-state index contributed by atoms with van der Waals surface area (Å²) in [5.41, 5.74) is 0.603. The van der Waals surface area contributed by atoms with Crippen LogP contribution in [-0.2, 0) is 4.79 Å². The van der Waals surface area contributed by atoms with Gasteiger partial charge in [0.25, 0.3) is 0 Å². The monoisotopic (exact) mass is 226 g/mol. The van der Waals surface area contributed by atoms with Crippen LogP contribution >= 0.6 is 11.8 Å². The molecule has 4 nitrogen and oxygen atoms in total. The Balaban J connectivity index is 2.76. The van der Waals surface area contributed by atoms with Crippen LogP contribution < -0.4 is 10.1 Å². The zero-order chi connectivity index (χ0) is 11.3. The molecule has 15 heavy (non-hydrogen) atoms. The maximum Gasteiger partial charge on any atom is 0.237 e. The van der Waals surface area contributed by atoms with Crippen LogP contribution in [0, 0.1) is 0 Å². The van der Waals surface area contributed by atoms with Gasteiger partial charge in [-0.15, -0.1) is 0 Å². The Morgan fingerprint density at radius 2 is 2.40 bits per heavy atom. The first-order chi connectivity index (χ1) is 7.19. The van der Waals surface area contributed by atoms with E-state index >= 15 is 0 Å². The van der Waals surface area contributed by atoms with E-state index in [1.807, 2.05) is 13.2 Å². The van der Waals surface area contributed by atoms with Gasteiger partial charge >= 0.3 is 0 Å². The number of anilines is 1. The first kappa shape index (κ1) is 11.8. The highest BCUT2D eigenvalue weighted by molar-refractivity contribution is 7.99. The van der Waals surface area contributed by atoms with Gasteiger partial charge in [0.2, 0.25) is 11.8 Å². The number of nitrogens with one attached hydrogen (secondary N) is 1. The molecule has 1 rings (SSSR count). The number of carbonyl (C=O) groups excluding carboxylic acids is 1. The molecule has 0 spiro atoms. The lowest BCUT2D eigenvalue weighted by Gasteiger charge is -2.11. The Morgan fingerprint density at radius 1 is 1.67 bits per heavy atom. The molecule has 0 saturated heterocycles. The van der Waals surface area contributed by atoms with Crippen LogP contribution in [0.3, 0.4) is 0 Å². The Morgan fingerprint density at radius 3 is 3.00 bits per heavy atom. The molecule has 5 heteroatoms. The van der Waals surface area contributed by atoms with Crippen molar-refractivity contribution < 1.29 is 9.53 Å². The lowest BCUT2D eigenvalue weighted by molar-refractivity contribution is -0.115. The molecule has 0 bridgehead atoms. The molecule has 0 saturated carbocycles. The van der Waals surface area contributed by atoms with Gasteiger partial charge in [0.05, 0.1) is 12.4 Å². The van der Waals surface area contributed by atoms with E-state index in [1.54, 1.807) is 18.3 Å². The van der Waals surface area contributed by atoms with Gasteiger partial charge in [0.1, 0.15) is 5.69 Å². The molecule has 0 aliphatic heterocycles. The zero-order valence-corrected chi connectivity index (χ0v) is 9.80. The Kier molecular flexibility index (Phi) is 4.42. The summed E-state index contributed by atoms with van der Waals surface area (Å²) in [5.74, 6) is 0.382. The number of rotatable bonds is 4. The Hall–Kier alpha value is -1.23. The van der Waals surface area contributed by atoms with Crippen molar-refractivity contribution in [2.24, 2.45) is 0 Å². The fraction of sp³-hybridized carbons (Fsp3) is 0.400. The van der Waals surface area contributed by atoms with Crippen molar-refractivity contribution in [1.29, 1.82) is 0 Å². The third kappa shape index (κ3) is 3.13. The van der Waals surface area contributed by atoms with Gasteiger partial charge in [-0.25, -0.2) is 4.98 Å². The van der Waals surface area contributed by atoms with Crippen molar-refractivity contribution in [3.8, 4) is 5.88 Å². The van der Waals surface area contributed by atoms with Gasteiger partial charge in [-0.3, -0.25) is 4.79 Å². The summed E-state index contributed by atoms with van der Waals surface area (Å²) in [6.45, 7) is 1.85. The molecule has 0 aliphatic rings. The molecule has 1 amide bonds. The number of pyridine rings is 1. The van der Waals surface area contributed by atoms with Crippen molar-refractivity contribution in [2.45, 2.75) is 12.2 Å². The minimum absolute atomic E-state index is 0.0474. The van der Waals surface area contributed by atoms with Crippen LogP contribution in [-0.4, -0.2) is 29.5 Å². The molecule has 82 valence electrons. The number of aromatic nitrogens is 1. The van der Waals surface area contributed by atoms with E-state index < -0.39 is 0 Å². The van der Waals surface area contributed by atoms with Crippen LogP contribution in [0.1, 0.15) is 6.92 Å². The highest BCUT2D eigenvalue weighted by Crippen LogP contribution is 2.20. The van der Waals surface area contributed by atoms with E-state index in [4.69, 9.17) is 4.74 Å². The number of hydrogen-bond donors (Lipinski definition) is 1.